The molecule has 1 amide bonds. The van der Waals surface area contributed by atoms with Gasteiger partial charge in [0, 0.05) is 25.2 Å². The van der Waals surface area contributed by atoms with E-state index >= 15 is 0 Å². The summed E-state index contributed by atoms with van der Waals surface area (Å²) in [5.74, 6) is -2.20. The average Bonchev–Trinajstić information content (AvgIpc) is 2.92. The Morgan fingerprint density at radius 3 is 2.35 bits per heavy atom. The largest absolute Gasteiger partial charge is 0.458 e. The number of nitrogens with two attached hydrogens (primary N) is 1. The maximum atomic E-state index is 13.8. The summed E-state index contributed by atoms with van der Waals surface area (Å²) < 4.78 is 38.0. The van der Waals surface area contributed by atoms with Crippen molar-refractivity contribution in [2.75, 3.05) is 13.7 Å². The summed E-state index contributed by atoms with van der Waals surface area (Å²) in [6.07, 6.45) is 1.36. The van der Waals surface area contributed by atoms with Crippen LogP contribution in [0.1, 0.15) is 62.6 Å². The Hall–Kier alpha value is -3.08. The molecule has 0 aliphatic heterocycles. The highest BCUT2D eigenvalue weighted by Gasteiger charge is 2.29. The van der Waals surface area contributed by atoms with Crippen molar-refractivity contribution in [2.45, 2.75) is 89.6 Å². The Morgan fingerprint density at radius 1 is 1.00 bits per heavy atom. The molecule has 0 fully saturated rings. The second kappa shape index (κ2) is 17.6. The van der Waals surface area contributed by atoms with Crippen molar-refractivity contribution in [3.05, 3.63) is 70.8 Å². The standard InChI is InChI=1S/C30H43F2N3O5/c1-4-6-10-25(36)11-12-27(35-30(38)39-3)29(37)40-28(19-34-18-21-9-7-8-20(5-2)13-21)26(33)16-22-14-23(31)17-24(32)15-22/h7-9,13-15,17,25-28,34,36H,4-6,10-12,16,18-19,33H2,1-3H3,(H,35,38)/t25?,26-,27+,28+/m0/s1. The van der Waals surface area contributed by atoms with E-state index in [1.165, 1.54) is 24.8 Å². The predicted octanol–water partition coefficient (Wildman–Crippen LogP) is 4.15. The van der Waals surface area contributed by atoms with E-state index in [-0.39, 0.29) is 25.8 Å². The average molecular weight is 564 g/mol. The Bertz CT molecular complexity index is 1050. The lowest BCUT2D eigenvalue weighted by atomic mass is 10.0. The van der Waals surface area contributed by atoms with Crippen LogP contribution in [0.25, 0.3) is 0 Å². The number of nitrogens with one attached hydrogen (secondary N) is 2. The molecule has 1 unspecified atom stereocenters. The zero-order valence-electron chi connectivity index (χ0n) is 23.6. The smallest absolute Gasteiger partial charge is 0.407 e. The van der Waals surface area contributed by atoms with Gasteiger partial charge in [-0.05, 0) is 60.9 Å². The second-order valence-corrected chi connectivity index (χ2v) is 9.99. The van der Waals surface area contributed by atoms with E-state index in [1.54, 1.807) is 0 Å². The number of carbonyl (C=O) groups excluding carboxylic acids is 2. The molecule has 0 aliphatic rings. The summed E-state index contributed by atoms with van der Waals surface area (Å²) in [5, 5.41) is 16.0. The molecule has 0 saturated heterocycles. The molecule has 2 aromatic carbocycles. The Labute approximate surface area is 235 Å². The number of rotatable bonds is 17. The SMILES string of the molecule is CCCCC(O)CC[C@@H](NC(=O)OC)C(=O)O[C@H](CNCc1cccc(CC)c1)[C@@H](N)Cc1cc(F)cc(F)c1. The first-order chi connectivity index (χ1) is 19.1. The van der Waals surface area contributed by atoms with Gasteiger partial charge in [-0.2, -0.15) is 0 Å². The summed E-state index contributed by atoms with van der Waals surface area (Å²) in [6, 6.07) is 9.31. The van der Waals surface area contributed by atoms with Crippen molar-refractivity contribution < 1.29 is 33.0 Å². The Kier molecular flexibility index (Phi) is 14.6. The van der Waals surface area contributed by atoms with Crippen LogP contribution in [0, 0.1) is 11.6 Å². The number of benzene rings is 2. The minimum Gasteiger partial charge on any atom is -0.458 e. The lowest BCUT2D eigenvalue weighted by molar-refractivity contribution is -0.152. The van der Waals surface area contributed by atoms with Crippen LogP contribution in [0.5, 0.6) is 0 Å². The molecule has 0 aromatic heterocycles. The molecule has 40 heavy (non-hydrogen) atoms. The van der Waals surface area contributed by atoms with Crippen LogP contribution in [0.2, 0.25) is 0 Å². The highest BCUT2D eigenvalue weighted by molar-refractivity contribution is 5.81. The molecular formula is C30H43F2N3O5. The molecule has 2 rings (SSSR count). The van der Waals surface area contributed by atoms with Crippen molar-refractivity contribution in [1.82, 2.24) is 10.6 Å². The number of esters is 1. The number of aliphatic hydroxyl groups is 1. The maximum Gasteiger partial charge on any atom is 0.407 e. The van der Waals surface area contributed by atoms with Gasteiger partial charge in [-0.3, -0.25) is 0 Å². The molecule has 0 radical (unpaired) electrons. The van der Waals surface area contributed by atoms with Crippen LogP contribution in [-0.2, 0) is 33.7 Å². The van der Waals surface area contributed by atoms with E-state index in [1.807, 2.05) is 25.1 Å². The molecular weight excluding hydrogens is 520 g/mol. The molecule has 222 valence electrons. The van der Waals surface area contributed by atoms with Gasteiger partial charge in [0.05, 0.1) is 13.2 Å². The quantitative estimate of drug-likeness (QED) is 0.213. The summed E-state index contributed by atoms with van der Waals surface area (Å²) in [5.41, 5.74) is 8.96. The number of halogens is 2. The van der Waals surface area contributed by atoms with Crippen LogP contribution in [0.3, 0.4) is 0 Å². The van der Waals surface area contributed by atoms with Crippen LogP contribution < -0.4 is 16.4 Å². The fraction of sp³-hybridized carbons (Fsp3) is 0.533. The van der Waals surface area contributed by atoms with E-state index in [4.69, 9.17) is 10.5 Å². The van der Waals surface area contributed by atoms with Gasteiger partial charge >= 0.3 is 12.1 Å². The van der Waals surface area contributed by atoms with E-state index < -0.39 is 48.0 Å². The van der Waals surface area contributed by atoms with Crippen molar-refractivity contribution in [2.24, 2.45) is 5.73 Å². The van der Waals surface area contributed by atoms with Gasteiger partial charge in [0.15, 0.2) is 0 Å². The monoisotopic (exact) mass is 563 g/mol. The highest BCUT2D eigenvalue weighted by Crippen LogP contribution is 2.15. The van der Waals surface area contributed by atoms with Crippen LogP contribution in [0.4, 0.5) is 13.6 Å². The number of carbonyl (C=O) groups is 2. The zero-order chi connectivity index (χ0) is 29.5. The maximum absolute atomic E-state index is 13.8. The van der Waals surface area contributed by atoms with Gasteiger partial charge in [0.25, 0.3) is 0 Å². The lowest BCUT2D eigenvalue weighted by Crippen LogP contribution is -2.50. The highest BCUT2D eigenvalue weighted by atomic mass is 19.1. The third kappa shape index (κ3) is 12.0. The van der Waals surface area contributed by atoms with E-state index in [0.29, 0.717) is 18.5 Å². The summed E-state index contributed by atoms with van der Waals surface area (Å²) in [4.78, 5) is 25.2. The van der Waals surface area contributed by atoms with Crippen LogP contribution >= 0.6 is 0 Å². The number of unbranched alkanes of at least 4 members (excludes halogenated alkanes) is 1. The number of aryl methyl sites for hydroxylation is 1. The van der Waals surface area contributed by atoms with E-state index in [0.717, 1.165) is 30.9 Å². The number of ether oxygens (including phenoxy) is 2. The number of methoxy groups -OCH3 is 1. The van der Waals surface area contributed by atoms with E-state index in [9.17, 15) is 23.5 Å². The first-order valence-electron chi connectivity index (χ1n) is 13.9. The fourth-order valence-electron chi connectivity index (χ4n) is 4.36. The number of amides is 1. The zero-order valence-corrected chi connectivity index (χ0v) is 23.6. The molecule has 5 N–H and O–H groups in total. The van der Waals surface area contributed by atoms with Gasteiger partial charge < -0.3 is 30.9 Å². The first-order valence-corrected chi connectivity index (χ1v) is 13.9. The number of aliphatic hydroxyl groups excluding tert-OH is 1. The predicted molar refractivity (Wildman–Crippen MR) is 150 cm³/mol. The summed E-state index contributed by atoms with van der Waals surface area (Å²) >= 11 is 0. The van der Waals surface area contributed by atoms with Gasteiger partial charge in [0.2, 0.25) is 0 Å². The lowest BCUT2D eigenvalue weighted by Gasteiger charge is -2.27. The fourth-order valence-corrected chi connectivity index (χ4v) is 4.36. The van der Waals surface area contributed by atoms with Crippen LogP contribution in [0.15, 0.2) is 42.5 Å². The second-order valence-electron chi connectivity index (χ2n) is 9.99. The number of alkyl carbamates (subject to hydrolysis) is 1. The summed E-state index contributed by atoms with van der Waals surface area (Å²) in [6.45, 7) is 4.72. The molecule has 4 atom stereocenters. The van der Waals surface area contributed by atoms with Gasteiger partial charge in [0.1, 0.15) is 23.8 Å². The van der Waals surface area contributed by atoms with Gasteiger partial charge in [-0.1, -0.05) is 51.0 Å². The Morgan fingerprint density at radius 2 is 1.70 bits per heavy atom. The van der Waals surface area contributed by atoms with E-state index in [2.05, 4.69) is 28.4 Å². The van der Waals surface area contributed by atoms with Crippen molar-refractivity contribution >= 4 is 12.1 Å². The molecule has 0 heterocycles. The topological polar surface area (TPSA) is 123 Å². The molecule has 0 spiro atoms. The third-order valence-electron chi connectivity index (χ3n) is 6.65. The third-order valence-corrected chi connectivity index (χ3v) is 6.65. The first kappa shape index (κ1) is 33.1. The molecule has 8 nitrogen and oxygen atoms in total. The van der Waals surface area contributed by atoms with Gasteiger partial charge in [-0.25, -0.2) is 18.4 Å². The molecule has 0 aliphatic carbocycles. The molecule has 0 bridgehead atoms. The molecule has 10 heteroatoms. The van der Waals surface area contributed by atoms with Crippen molar-refractivity contribution in [1.29, 1.82) is 0 Å². The van der Waals surface area contributed by atoms with Crippen LogP contribution in [-0.4, -0.2) is 55.1 Å². The Balaban J connectivity index is 2.16. The number of hydrogen-bond acceptors (Lipinski definition) is 7. The minimum atomic E-state index is -1.08. The van der Waals surface area contributed by atoms with Crippen molar-refractivity contribution in [3.63, 3.8) is 0 Å². The normalized spacial score (nSPS) is 14.2. The van der Waals surface area contributed by atoms with Crippen molar-refractivity contribution in [3.8, 4) is 0 Å². The number of hydrogen-bond donors (Lipinski definition) is 4. The minimum absolute atomic E-state index is 0.0461. The van der Waals surface area contributed by atoms with Gasteiger partial charge in [-0.15, -0.1) is 0 Å². The molecule has 0 saturated carbocycles. The summed E-state index contributed by atoms with van der Waals surface area (Å²) in [7, 11) is 1.18. The molecule has 2 aromatic rings.